The van der Waals surface area contributed by atoms with Crippen LogP contribution in [0.1, 0.15) is 32.8 Å². The van der Waals surface area contributed by atoms with Crippen molar-refractivity contribution in [3.8, 4) is 0 Å². The molecular formula is C9H15N3O. The molecule has 1 aromatic rings. The number of ether oxygens (including phenoxy) is 1. The molecule has 0 fully saturated rings. The van der Waals surface area contributed by atoms with Crippen molar-refractivity contribution < 1.29 is 4.74 Å². The summed E-state index contributed by atoms with van der Waals surface area (Å²) < 4.78 is 7.74. The Morgan fingerprint density at radius 3 is 3.00 bits per heavy atom. The fourth-order valence-corrected chi connectivity index (χ4v) is 1.65. The van der Waals surface area contributed by atoms with Crippen LogP contribution in [0.5, 0.6) is 0 Å². The number of hydrogen-bond donors (Lipinski definition) is 0. The number of aromatic nitrogens is 3. The SMILES string of the molecule is CC(C)(C)C1OCCc2nncn21. The van der Waals surface area contributed by atoms with Gasteiger partial charge in [0.05, 0.1) is 6.61 Å². The molecule has 1 aliphatic rings. The third-order valence-corrected chi connectivity index (χ3v) is 2.24. The van der Waals surface area contributed by atoms with E-state index in [1.165, 1.54) is 0 Å². The van der Waals surface area contributed by atoms with Crippen molar-refractivity contribution in [3.05, 3.63) is 12.2 Å². The van der Waals surface area contributed by atoms with Gasteiger partial charge >= 0.3 is 0 Å². The quantitative estimate of drug-likeness (QED) is 0.607. The van der Waals surface area contributed by atoms with E-state index in [0.717, 1.165) is 18.9 Å². The second kappa shape index (κ2) is 2.80. The summed E-state index contributed by atoms with van der Waals surface area (Å²) in [4.78, 5) is 0. The van der Waals surface area contributed by atoms with E-state index in [4.69, 9.17) is 4.74 Å². The molecule has 4 heteroatoms. The van der Waals surface area contributed by atoms with Gasteiger partial charge < -0.3 is 4.74 Å². The molecule has 1 atom stereocenters. The van der Waals surface area contributed by atoms with Crippen LogP contribution in [-0.2, 0) is 11.2 Å². The average Bonchev–Trinajstić information content (AvgIpc) is 2.48. The molecule has 0 aliphatic carbocycles. The summed E-state index contributed by atoms with van der Waals surface area (Å²) in [6.07, 6.45) is 2.70. The van der Waals surface area contributed by atoms with E-state index in [-0.39, 0.29) is 11.6 Å². The predicted octanol–water partition coefficient (Wildman–Crippen LogP) is 1.40. The molecule has 4 nitrogen and oxygen atoms in total. The van der Waals surface area contributed by atoms with E-state index in [9.17, 15) is 0 Å². The van der Waals surface area contributed by atoms with Gasteiger partial charge in [0.2, 0.25) is 0 Å². The highest BCUT2D eigenvalue weighted by atomic mass is 16.5. The first-order valence-electron chi connectivity index (χ1n) is 4.59. The summed E-state index contributed by atoms with van der Waals surface area (Å²) in [5.74, 6) is 1.03. The van der Waals surface area contributed by atoms with Gasteiger partial charge in [-0.15, -0.1) is 10.2 Å². The molecule has 1 aromatic heterocycles. The average molecular weight is 181 g/mol. The van der Waals surface area contributed by atoms with E-state index in [1.807, 2.05) is 4.57 Å². The zero-order chi connectivity index (χ0) is 9.47. The molecule has 0 amide bonds. The lowest BCUT2D eigenvalue weighted by Gasteiger charge is -2.34. The van der Waals surface area contributed by atoms with Gasteiger partial charge in [0.25, 0.3) is 0 Å². The van der Waals surface area contributed by atoms with Crippen LogP contribution in [-0.4, -0.2) is 21.4 Å². The standard InChI is InChI=1S/C9H15N3O/c1-9(2,3)8-12-6-10-11-7(12)4-5-13-8/h6,8H,4-5H2,1-3H3. The third kappa shape index (κ3) is 1.46. The van der Waals surface area contributed by atoms with Crippen molar-refractivity contribution in [3.63, 3.8) is 0 Å². The maximum atomic E-state index is 5.71. The zero-order valence-corrected chi connectivity index (χ0v) is 8.32. The Morgan fingerprint density at radius 2 is 2.31 bits per heavy atom. The number of rotatable bonds is 0. The molecule has 2 heterocycles. The lowest BCUT2D eigenvalue weighted by atomic mass is 9.93. The summed E-state index contributed by atoms with van der Waals surface area (Å²) in [7, 11) is 0. The van der Waals surface area contributed by atoms with Crippen LogP contribution < -0.4 is 0 Å². The largest absolute Gasteiger partial charge is 0.357 e. The highest BCUT2D eigenvalue weighted by Crippen LogP contribution is 2.34. The summed E-state index contributed by atoms with van der Waals surface area (Å²) in [5.41, 5.74) is 0.0948. The molecule has 1 aliphatic heterocycles. The zero-order valence-electron chi connectivity index (χ0n) is 8.32. The molecule has 0 saturated carbocycles. The molecule has 0 saturated heterocycles. The van der Waals surface area contributed by atoms with Gasteiger partial charge in [0.15, 0.2) is 0 Å². The second-order valence-electron chi connectivity index (χ2n) is 4.49. The van der Waals surface area contributed by atoms with Crippen LogP contribution >= 0.6 is 0 Å². The number of fused-ring (bicyclic) bond motifs is 1. The van der Waals surface area contributed by atoms with Gasteiger partial charge in [-0.3, -0.25) is 4.57 Å². The highest BCUT2D eigenvalue weighted by molar-refractivity contribution is 4.93. The van der Waals surface area contributed by atoms with E-state index < -0.39 is 0 Å². The molecule has 0 radical (unpaired) electrons. The van der Waals surface area contributed by atoms with E-state index in [0.29, 0.717) is 0 Å². The number of nitrogens with zero attached hydrogens (tertiary/aromatic N) is 3. The molecule has 72 valence electrons. The molecule has 0 aromatic carbocycles. The smallest absolute Gasteiger partial charge is 0.141 e. The van der Waals surface area contributed by atoms with Gasteiger partial charge in [-0.2, -0.15) is 0 Å². The van der Waals surface area contributed by atoms with E-state index in [1.54, 1.807) is 6.33 Å². The minimum Gasteiger partial charge on any atom is -0.357 e. The Kier molecular flexibility index (Phi) is 1.87. The van der Waals surface area contributed by atoms with Crippen molar-refractivity contribution in [1.82, 2.24) is 14.8 Å². The van der Waals surface area contributed by atoms with Crippen molar-refractivity contribution >= 4 is 0 Å². The van der Waals surface area contributed by atoms with Crippen molar-refractivity contribution in [2.45, 2.75) is 33.4 Å². The van der Waals surface area contributed by atoms with E-state index >= 15 is 0 Å². The summed E-state index contributed by atoms with van der Waals surface area (Å²) in [6.45, 7) is 7.23. The summed E-state index contributed by atoms with van der Waals surface area (Å²) in [5, 5.41) is 7.95. The summed E-state index contributed by atoms with van der Waals surface area (Å²) >= 11 is 0. The van der Waals surface area contributed by atoms with Gasteiger partial charge in [0.1, 0.15) is 18.4 Å². The fraction of sp³-hybridized carbons (Fsp3) is 0.778. The van der Waals surface area contributed by atoms with Gasteiger partial charge in [-0.05, 0) is 0 Å². The van der Waals surface area contributed by atoms with Crippen LogP contribution in [0, 0.1) is 5.41 Å². The minimum atomic E-state index is 0.0752. The van der Waals surface area contributed by atoms with E-state index in [2.05, 4.69) is 31.0 Å². The lowest BCUT2D eigenvalue weighted by Crippen LogP contribution is -2.32. The Bertz CT molecular complexity index is 300. The monoisotopic (exact) mass is 181 g/mol. The molecule has 1 unspecified atom stereocenters. The Hall–Kier alpha value is -0.900. The summed E-state index contributed by atoms with van der Waals surface area (Å²) in [6, 6.07) is 0. The Morgan fingerprint density at radius 1 is 1.54 bits per heavy atom. The first kappa shape index (κ1) is 8.69. The molecule has 0 N–H and O–H groups in total. The maximum absolute atomic E-state index is 5.71. The van der Waals surface area contributed by atoms with Gasteiger partial charge in [0, 0.05) is 11.8 Å². The molecule has 0 spiro atoms. The second-order valence-corrected chi connectivity index (χ2v) is 4.49. The molecule has 2 rings (SSSR count). The first-order chi connectivity index (χ1) is 6.09. The maximum Gasteiger partial charge on any atom is 0.141 e. The third-order valence-electron chi connectivity index (χ3n) is 2.24. The fourth-order valence-electron chi connectivity index (χ4n) is 1.65. The van der Waals surface area contributed by atoms with Crippen LogP contribution in [0.2, 0.25) is 0 Å². The van der Waals surface area contributed by atoms with Gasteiger partial charge in [-0.25, -0.2) is 0 Å². The lowest BCUT2D eigenvalue weighted by molar-refractivity contribution is -0.0848. The minimum absolute atomic E-state index is 0.0752. The Labute approximate surface area is 77.9 Å². The van der Waals surface area contributed by atoms with Crippen molar-refractivity contribution in [2.75, 3.05) is 6.61 Å². The molecule has 0 bridgehead atoms. The van der Waals surface area contributed by atoms with Crippen LogP contribution in [0.3, 0.4) is 0 Å². The normalized spacial score (nSPS) is 22.8. The van der Waals surface area contributed by atoms with Crippen molar-refractivity contribution in [2.24, 2.45) is 5.41 Å². The first-order valence-corrected chi connectivity index (χ1v) is 4.59. The number of hydrogen-bond acceptors (Lipinski definition) is 3. The van der Waals surface area contributed by atoms with Crippen LogP contribution in [0.25, 0.3) is 0 Å². The molecule has 13 heavy (non-hydrogen) atoms. The molecular weight excluding hydrogens is 166 g/mol. The van der Waals surface area contributed by atoms with Crippen molar-refractivity contribution in [1.29, 1.82) is 0 Å². The van der Waals surface area contributed by atoms with Gasteiger partial charge in [-0.1, -0.05) is 20.8 Å². The van der Waals surface area contributed by atoms with Crippen LogP contribution in [0.4, 0.5) is 0 Å². The predicted molar refractivity (Wildman–Crippen MR) is 48.2 cm³/mol. The Balaban J connectivity index is 2.35. The topological polar surface area (TPSA) is 39.9 Å². The highest BCUT2D eigenvalue weighted by Gasteiger charge is 2.31. The van der Waals surface area contributed by atoms with Crippen LogP contribution in [0.15, 0.2) is 6.33 Å².